The summed E-state index contributed by atoms with van der Waals surface area (Å²) < 4.78 is 0. The molecule has 0 saturated carbocycles. The minimum absolute atomic E-state index is 0.0655. The second kappa shape index (κ2) is 6.29. The molecule has 0 heterocycles. The Kier molecular flexibility index (Phi) is 5.77. The SMILES string of the molecule is C=CC(=O)NCCCC[O-]. The molecule has 0 aromatic carbocycles. The van der Waals surface area contributed by atoms with Crippen LogP contribution in [-0.4, -0.2) is 19.1 Å². The summed E-state index contributed by atoms with van der Waals surface area (Å²) in [6, 6.07) is 0. The number of hydrogen-bond donors (Lipinski definition) is 1. The lowest BCUT2D eigenvalue weighted by molar-refractivity contribution is -0.368. The molecule has 58 valence electrons. The molecule has 0 aromatic heterocycles. The standard InChI is InChI=1S/C7H12NO2/c1-2-7(10)8-5-3-4-6-9/h2H,1,3-6H2,(H,8,10)/q-1. The molecule has 3 heteroatoms. The maximum atomic E-state index is 10.5. The zero-order valence-electron chi connectivity index (χ0n) is 5.93. The summed E-state index contributed by atoms with van der Waals surface area (Å²) in [7, 11) is 0. The van der Waals surface area contributed by atoms with Crippen molar-refractivity contribution in [2.24, 2.45) is 0 Å². The zero-order chi connectivity index (χ0) is 7.82. The predicted octanol–water partition coefficient (Wildman–Crippen LogP) is -0.571. The van der Waals surface area contributed by atoms with Gasteiger partial charge in [-0.2, -0.15) is 0 Å². The van der Waals surface area contributed by atoms with Crippen LogP contribution in [0, 0.1) is 0 Å². The van der Waals surface area contributed by atoms with Gasteiger partial charge in [-0.15, -0.1) is 6.61 Å². The average Bonchev–Trinajstić information content (AvgIpc) is 1.98. The third-order valence-corrected chi connectivity index (χ3v) is 1.06. The van der Waals surface area contributed by atoms with Crippen molar-refractivity contribution in [3.63, 3.8) is 0 Å². The number of rotatable bonds is 5. The van der Waals surface area contributed by atoms with Gasteiger partial charge in [0.15, 0.2) is 0 Å². The Labute approximate surface area is 60.7 Å². The van der Waals surface area contributed by atoms with Gasteiger partial charge in [-0.25, -0.2) is 0 Å². The zero-order valence-corrected chi connectivity index (χ0v) is 5.93. The Morgan fingerprint density at radius 1 is 1.60 bits per heavy atom. The van der Waals surface area contributed by atoms with Crippen molar-refractivity contribution in [3.8, 4) is 0 Å². The monoisotopic (exact) mass is 142 g/mol. The molecule has 0 spiro atoms. The fourth-order valence-corrected chi connectivity index (χ4v) is 0.511. The lowest BCUT2D eigenvalue weighted by atomic mass is 10.3. The first-order valence-corrected chi connectivity index (χ1v) is 3.29. The lowest BCUT2D eigenvalue weighted by Gasteiger charge is -2.03. The molecule has 0 aliphatic heterocycles. The van der Waals surface area contributed by atoms with E-state index in [2.05, 4.69) is 11.9 Å². The molecule has 0 aromatic rings. The first kappa shape index (κ1) is 9.17. The molecule has 10 heavy (non-hydrogen) atoms. The van der Waals surface area contributed by atoms with Crippen LogP contribution in [0.1, 0.15) is 12.8 Å². The fraction of sp³-hybridized carbons (Fsp3) is 0.571. The first-order chi connectivity index (χ1) is 4.81. The van der Waals surface area contributed by atoms with Crippen molar-refractivity contribution in [1.29, 1.82) is 0 Å². The third-order valence-electron chi connectivity index (χ3n) is 1.06. The van der Waals surface area contributed by atoms with E-state index in [0.717, 1.165) is 6.42 Å². The summed E-state index contributed by atoms with van der Waals surface area (Å²) in [4.78, 5) is 10.5. The molecule has 0 bridgehead atoms. The normalized spacial score (nSPS) is 8.90. The van der Waals surface area contributed by atoms with Crippen molar-refractivity contribution in [3.05, 3.63) is 12.7 Å². The molecule has 0 radical (unpaired) electrons. The number of hydrogen-bond acceptors (Lipinski definition) is 2. The van der Waals surface area contributed by atoms with Gasteiger partial charge in [0.25, 0.3) is 0 Å². The van der Waals surface area contributed by atoms with E-state index in [0.29, 0.717) is 13.0 Å². The second-order valence-corrected chi connectivity index (χ2v) is 1.91. The maximum absolute atomic E-state index is 10.5. The van der Waals surface area contributed by atoms with E-state index in [1.165, 1.54) is 6.08 Å². The van der Waals surface area contributed by atoms with Gasteiger partial charge in [0.2, 0.25) is 5.91 Å². The van der Waals surface area contributed by atoms with Crippen LogP contribution in [0.5, 0.6) is 0 Å². The van der Waals surface area contributed by atoms with Gasteiger partial charge in [0, 0.05) is 6.54 Å². The maximum Gasteiger partial charge on any atom is 0.243 e. The predicted molar refractivity (Wildman–Crippen MR) is 37.3 cm³/mol. The lowest BCUT2D eigenvalue weighted by Crippen LogP contribution is -2.22. The number of amides is 1. The van der Waals surface area contributed by atoms with E-state index >= 15 is 0 Å². The Bertz CT molecular complexity index is 112. The van der Waals surface area contributed by atoms with Gasteiger partial charge < -0.3 is 10.4 Å². The van der Waals surface area contributed by atoms with Crippen molar-refractivity contribution in [1.82, 2.24) is 5.32 Å². The smallest absolute Gasteiger partial charge is 0.243 e. The van der Waals surface area contributed by atoms with Crippen molar-refractivity contribution in [2.75, 3.05) is 13.2 Å². The van der Waals surface area contributed by atoms with Crippen molar-refractivity contribution < 1.29 is 9.90 Å². The third kappa shape index (κ3) is 5.31. The molecular weight excluding hydrogens is 130 g/mol. The molecule has 0 unspecified atom stereocenters. The van der Waals surface area contributed by atoms with Gasteiger partial charge in [-0.3, -0.25) is 4.79 Å². The number of unbranched alkanes of at least 4 members (excludes halogenated alkanes) is 1. The fourth-order valence-electron chi connectivity index (χ4n) is 0.511. The molecule has 0 atom stereocenters. The van der Waals surface area contributed by atoms with Crippen LogP contribution < -0.4 is 10.4 Å². The highest BCUT2D eigenvalue weighted by molar-refractivity contribution is 5.86. The van der Waals surface area contributed by atoms with E-state index in [4.69, 9.17) is 0 Å². The highest BCUT2D eigenvalue weighted by Crippen LogP contribution is 1.81. The quantitative estimate of drug-likeness (QED) is 0.413. The molecule has 0 rings (SSSR count). The van der Waals surface area contributed by atoms with Gasteiger partial charge in [0.1, 0.15) is 0 Å². The number of carbonyl (C=O) groups excluding carboxylic acids is 1. The highest BCUT2D eigenvalue weighted by Gasteiger charge is 1.89. The molecule has 0 aliphatic carbocycles. The molecule has 1 N–H and O–H groups in total. The van der Waals surface area contributed by atoms with Gasteiger partial charge in [-0.1, -0.05) is 13.0 Å². The van der Waals surface area contributed by atoms with Crippen LogP contribution in [0.4, 0.5) is 0 Å². The Balaban J connectivity index is 3.03. The molecule has 0 saturated heterocycles. The molecular formula is C7H12NO2-. The average molecular weight is 142 g/mol. The van der Waals surface area contributed by atoms with Crippen LogP contribution in [-0.2, 0) is 4.79 Å². The van der Waals surface area contributed by atoms with E-state index in [1.54, 1.807) is 0 Å². The largest absolute Gasteiger partial charge is 0.854 e. The molecule has 1 amide bonds. The van der Waals surface area contributed by atoms with Crippen LogP contribution in [0.2, 0.25) is 0 Å². The summed E-state index contributed by atoms with van der Waals surface area (Å²) in [6.07, 6.45) is 2.59. The summed E-state index contributed by atoms with van der Waals surface area (Å²) >= 11 is 0. The van der Waals surface area contributed by atoms with Crippen LogP contribution in [0.25, 0.3) is 0 Å². The Morgan fingerprint density at radius 2 is 2.30 bits per heavy atom. The number of carbonyl (C=O) groups is 1. The van der Waals surface area contributed by atoms with E-state index in [-0.39, 0.29) is 12.5 Å². The molecule has 0 fully saturated rings. The van der Waals surface area contributed by atoms with Crippen LogP contribution in [0.3, 0.4) is 0 Å². The van der Waals surface area contributed by atoms with Crippen molar-refractivity contribution in [2.45, 2.75) is 12.8 Å². The number of nitrogens with one attached hydrogen (secondary N) is 1. The Hall–Kier alpha value is -0.830. The summed E-state index contributed by atoms with van der Waals surface area (Å²) in [5.74, 6) is -0.175. The summed E-state index contributed by atoms with van der Waals surface area (Å²) in [5, 5.41) is 12.5. The minimum atomic E-state index is -0.175. The summed E-state index contributed by atoms with van der Waals surface area (Å²) in [6.45, 7) is 3.80. The van der Waals surface area contributed by atoms with Crippen LogP contribution in [0.15, 0.2) is 12.7 Å². The highest BCUT2D eigenvalue weighted by atomic mass is 16.2. The van der Waals surface area contributed by atoms with E-state index in [1.807, 2.05) is 0 Å². The van der Waals surface area contributed by atoms with E-state index in [9.17, 15) is 9.90 Å². The van der Waals surface area contributed by atoms with Crippen molar-refractivity contribution >= 4 is 5.91 Å². The first-order valence-electron chi connectivity index (χ1n) is 3.29. The minimum Gasteiger partial charge on any atom is -0.854 e. The van der Waals surface area contributed by atoms with Gasteiger partial charge >= 0.3 is 0 Å². The Morgan fingerprint density at radius 3 is 2.80 bits per heavy atom. The molecule has 0 aliphatic rings. The van der Waals surface area contributed by atoms with Gasteiger partial charge in [0.05, 0.1) is 0 Å². The van der Waals surface area contributed by atoms with Crippen LogP contribution >= 0.6 is 0 Å². The second-order valence-electron chi connectivity index (χ2n) is 1.91. The van der Waals surface area contributed by atoms with E-state index < -0.39 is 0 Å². The molecule has 3 nitrogen and oxygen atoms in total. The summed E-state index contributed by atoms with van der Waals surface area (Å²) in [5.41, 5.74) is 0. The topological polar surface area (TPSA) is 52.2 Å². The van der Waals surface area contributed by atoms with Gasteiger partial charge in [-0.05, 0) is 12.5 Å².